The number of hydrogen-bond acceptors (Lipinski definition) is 4. The molecule has 2 aromatic rings. The molecule has 31 heavy (non-hydrogen) atoms. The Balaban J connectivity index is 0.00000272. The molecule has 0 radical (unpaired) electrons. The van der Waals surface area contributed by atoms with Gasteiger partial charge in [-0.15, -0.1) is 24.0 Å². The molecule has 4 rings (SSSR count). The molecule has 1 amide bonds. The number of aryl methyl sites for hydroxylation is 1. The number of aliphatic imine (C=N–C) groups is 1. The first-order chi connectivity index (χ1) is 14.7. The maximum absolute atomic E-state index is 12.6. The van der Waals surface area contributed by atoms with E-state index in [2.05, 4.69) is 40.7 Å². The lowest BCUT2D eigenvalue weighted by molar-refractivity contribution is -0.142. The van der Waals surface area contributed by atoms with Gasteiger partial charge in [0.05, 0.1) is 5.69 Å². The third-order valence-corrected chi connectivity index (χ3v) is 5.79. The number of carbonyl (C=O) groups is 1. The molecule has 170 valence electrons. The van der Waals surface area contributed by atoms with Crippen LogP contribution in [0.25, 0.3) is 5.65 Å². The minimum atomic E-state index is -0.229. The first kappa shape index (κ1) is 23.8. The highest BCUT2D eigenvalue weighted by Gasteiger charge is 2.30. The van der Waals surface area contributed by atoms with E-state index in [1.165, 1.54) is 5.56 Å². The van der Waals surface area contributed by atoms with Crippen molar-refractivity contribution in [3.8, 4) is 0 Å². The van der Waals surface area contributed by atoms with E-state index in [0.29, 0.717) is 13.2 Å². The molecule has 2 fully saturated rings. The Labute approximate surface area is 201 Å². The molecule has 0 spiro atoms. The van der Waals surface area contributed by atoms with Crippen LogP contribution in [0.1, 0.15) is 31.0 Å². The Morgan fingerprint density at radius 2 is 2.06 bits per heavy atom. The van der Waals surface area contributed by atoms with Crippen molar-refractivity contribution in [3.05, 3.63) is 35.8 Å². The van der Waals surface area contributed by atoms with Gasteiger partial charge >= 0.3 is 0 Å². The van der Waals surface area contributed by atoms with Crippen molar-refractivity contribution in [2.45, 2.75) is 39.2 Å². The number of rotatable bonds is 5. The first-order valence-electron chi connectivity index (χ1n) is 11.0. The quantitative estimate of drug-likeness (QED) is 0.357. The zero-order valence-electron chi connectivity index (χ0n) is 18.4. The van der Waals surface area contributed by atoms with Gasteiger partial charge in [0.2, 0.25) is 0 Å². The molecule has 0 saturated carbocycles. The summed E-state index contributed by atoms with van der Waals surface area (Å²) in [5.41, 5.74) is 3.24. The van der Waals surface area contributed by atoms with Crippen LogP contribution >= 0.6 is 24.0 Å². The summed E-state index contributed by atoms with van der Waals surface area (Å²) >= 11 is 0. The van der Waals surface area contributed by atoms with Gasteiger partial charge in [-0.2, -0.15) is 0 Å². The average Bonchev–Trinajstić information content (AvgIpc) is 3.43. The second-order valence-corrected chi connectivity index (χ2v) is 7.95. The highest BCUT2D eigenvalue weighted by molar-refractivity contribution is 14.0. The van der Waals surface area contributed by atoms with Crippen molar-refractivity contribution in [2.75, 3.05) is 45.9 Å². The van der Waals surface area contributed by atoms with Crippen molar-refractivity contribution in [1.29, 1.82) is 0 Å². The maximum Gasteiger partial charge on any atom is 0.251 e. The van der Waals surface area contributed by atoms with Crippen LogP contribution in [-0.4, -0.2) is 83.0 Å². The molecule has 9 heteroatoms. The molecular formula is C22H33IN6O2. The molecule has 0 bridgehead atoms. The summed E-state index contributed by atoms with van der Waals surface area (Å²) in [6, 6.07) is 4.12. The number of pyridine rings is 1. The van der Waals surface area contributed by atoms with Gasteiger partial charge in [0.1, 0.15) is 11.8 Å². The number of aromatic nitrogens is 2. The average molecular weight is 540 g/mol. The first-order valence-corrected chi connectivity index (χ1v) is 11.0. The summed E-state index contributed by atoms with van der Waals surface area (Å²) < 4.78 is 7.63. The zero-order valence-corrected chi connectivity index (χ0v) is 20.7. The molecule has 4 heterocycles. The second-order valence-electron chi connectivity index (χ2n) is 7.95. The van der Waals surface area contributed by atoms with E-state index in [1.807, 2.05) is 17.2 Å². The zero-order chi connectivity index (χ0) is 20.9. The number of guanidine groups is 1. The fourth-order valence-electron chi connectivity index (χ4n) is 4.14. The van der Waals surface area contributed by atoms with Crippen LogP contribution in [0.3, 0.4) is 0 Å². The highest BCUT2D eigenvalue weighted by atomic mass is 127. The van der Waals surface area contributed by atoms with E-state index >= 15 is 0 Å². The van der Waals surface area contributed by atoms with Gasteiger partial charge in [0.15, 0.2) is 5.96 Å². The van der Waals surface area contributed by atoms with E-state index in [1.54, 1.807) is 0 Å². The lowest BCUT2D eigenvalue weighted by Crippen LogP contribution is -2.55. The molecule has 1 atom stereocenters. The van der Waals surface area contributed by atoms with Crippen LogP contribution in [-0.2, 0) is 16.0 Å². The number of nitrogens with one attached hydrogen (secondary N) is 1. The monoisotopic (exact) mass is 540 g/mol. The van der Waals surface area contributed by atoms with E-state index in [4.69, 9.17) is 14.7 Å². The summed E-state index contributed by atoms with van der Waals surface area (Å²) in [5.74, 6) is 1.07. The summed E-state index contributed by atoms with van der Waals surface area (Å²) in [5, 5.41) is 3.40. The van der Waals surface area contributed by atoms with Crippen LogP contribution in [0.15, 0.2) is 29.5 Å². The molecule has 2 aromatic heterocycles. The van der Waals surface area contributed by atoms with Crippen molar-refractivity contribution < 1.29 is 9.53 Å². The van der Waals surface area contributed by atoms with Gasteiger partial charge in [-0.25, -0.2) is 4.98 Å². The molecule has 0 aliphatic carbocycles. The number of fused-ring (bicyclic) bond motifs is 1. The van der Waals surface area contributed by atoms with Gasteiger partial charge in [-0.1, -0.05) is 6.07 Å². The predicted octanol–water partition coefficient (Wildman–Crippen LogP) is 2.09. The Hall–Kier alpha value is -1.88. The SMILES string of the molecule is CCNC(=NCCc1cn2cccc(C)c2n1)N1CCN(C(=O)C2CCCO2)CC1.I. The summed E-state index contributed by atoms with van der Waals surface area (Å²) in [6.45, 7) is 9.38. The highest BCUT2D eigenvalue weighted by Crippen LogP contribution is 2.16. The van der Waals surface area contributed by atoms with Crippen molar-refractivity contribution >= 4 is 41.5 Å². The van der Waals surface area contributed by atoms with Crippen LogP contribution in [0.5, 0.6) is 0 Å². The van der Waals surface area contributed by atoms with Crippen molar-refractivity contribution in [1.82, 2.24) is 24.5 Å². The topological polar surface area (TPSA) is 74.5 Å². The largest absolute Gasteiger partial charge is 0.368 e. The lowest BCUT2D eigenvalue weighted by Gasteiger charge is -2.37. The molecule has 2 aliphatic rings. The molecule has 1 unspecified atom stereocenters. The number of halogens is 1. The van der Waals surface area contributed by atoms with Gasteiger partial charge in [0.25, 0.3) is 5.91 Å². The number of hydrogen-bond donors (Lipinski definition) is 1. The standard InChI is InChI=1S/C22H32N6O2.HI/c1-3-23-22(24-9-8-18-16-28-10-4-6-17(2)20(28)25-18)27-13-11-26(12-14-27)21(29)19-7-5-15-30-19;/h4,6,10,16,19H,3,5,7-9,11-15H2,1-2H3,(H,23,24);1H. The van der Waals surface area contributed by atoms with E-state index in [0.717, 1.165) is 69.3 Å². The van der Waals surface area contributed by atoms with E-state index in [-0.39, 0.29) is 36.0 Å². The summed E-state index contributed by atoms with van der Waals surface area (Å²) in [4.78, 5) is 26.3. The third-order valence-electron chi connectivity index (χ3n) is 5.79. The summed E-state index contributed by atoms with van der Waals surface area (Å²) in [7, 11) is 0. The normalized spacial score (nSPS) is 19.5. The number of carbonyl (C=O) groups excluding carboxylic acids is 1. The van der Waals surface area contributed by atoms with Crippen molar-refractivity contribution in [3.63, 3.8) is 0 Å². The molecule has 0 aromatic carbocycles. The minimum absolute atomic E-state index is 0. The molecular weight excluding hydrogens is 507 g/mol. The number of piperazine rings is 1. The summed E-state index contributed by atoms with van der Waals surface area (Å²) in [6.07, 6.45) is 6.52. The number of nitrogens with zero attached hydrogens (tertiary/aromatic N) is 5. The van der Waals surface area contributed by atoms with Gasteiger partial charge < -0.3 is 24.3 Å². The van der Waals surface area contributed by atoms with Gasteiger partial charge in [-0.05, 0) is 38.3 Å². The maximum atomic E-state index is 12.6. The Bertz CT molecular complexity index is 901. The van der Waals surface area contributed by atoms with Crippen molar-refractivity contribution in [2.24, 2.45) is 4.99 Å². The third kappa shape index (κ3) is 5.68. The smallest absolute Gasteiger partial charge is 0.251 e. The fourth-order valence-corrected chi connectivity index (χ4v) is 4.14. The molecule has 8 nitrogen and oxygen atoms in total. The minimum Gasteiger partial charge on any atom is -0.368 e. The number of amides is 1. The Kier molecular flexibility index (Phi) is 8.53. The number of imidazole rings is 1. The molecule has 2 aliphatic heterocycles. The Morgan fingerprint density at radius 3 is 2.74 bits per heavy atom. The van der Waals surface area contributed by atoms with Crippen LogP contribution in [0, 0.1) is 6.92 Å². The van der Waals surface area contributed by atoms with E-state index < -0.39 is 0 Å². The fraction of sp³-hybridized carbons (Fsp3) is 0.591. The van der Waals surface area contributed by atoms with Crippen LogP contribution in [0.2, 0.25) is 0 Å². The van der Waals surface area contributed by atoms with Crippen LogP contribution in [0.4, 0.5) is 0 Å². The van der Waals surface area contributed by atoms with Gasteiger partial charge in [0, 0.05) is 64.7 Å². The number of ether oxygens (including phenoxy) is 1. The molecule has 2 saturated heterocycles. The molecule has 1 N–H and O–H groups in total. The second kappa shape index (κ2) is 11.1. The predicted molar refractivity (Wildman–Crippen MR) is 132 cm³/mol. The van der Waals surface area contributed by atoms with E-state index in [9.17, 15) is 4.79 Å². The Morgan fingerprint density at radius 1 is 1.29 bits per heavy atom. The van der Waals surface area contributed by atoms with Gasteiger partial charge in [-0.3, -0.25) is 9.79 Å². The lowest BCUT2D eigenvalue weighted by atomic mass is 10.2. The van der Waals surface area contributed by atoms with Crippen LogP contribution < -0.4 is 5.32 Å².